The smallest absolute Gasteiger partial charge is 0.344 e. The van der Waals surface area contributed by atoms with E-state index >= 15 is 0 Å². The number of morpholine rings is 1. The van der Waals surface area contributed by atoms with Gasteiger partial charge in [-0.25, -0.2) is 22.0 Å². The summed E-state index contributed by atoms with van der Waals surface area (Å²) < 4.78 is 64.0. The lowest BCUT2D eigenvalue weighted by atomic mass is 10.2. The molecular weight excluding hydrogens is 434 g/mol. The van der Waals surface area contributed by atoms with E-state index in [1.807, 2.05) is 0 Å². The number of carbonyl (C=O) groups is 2. The fourth-order valence-corrected chi connectivity index (χ4v) is 4.35. The molecule has 1 saturated heterocycles. The summed E-state index contributed by atoms with van der Waals surface area (Å²) in [7, 11) is -3.78. The van der Waals surface area contributed by atoms with Crippen LogP contribution in [0.5, 0.6) is 0 Å². The van der Waals surface area contributed by atoms with E-state index in [1.165, 1.54) is 22.5 Å². The summed E-state index contributed by atoms with van der Waals surface area (Å²) >= 11 is 0. The number of amides is 1. The van der Waals surface area contributed by atoms with Crippen LogP contribution in [0.3, 0.4) is 0 Å². The van der Waals surface area contributed by atoms with Gasteiger partial charge in [0.15, 0.2) is 6.61 Å². The number of aryl methyl sites for hydroxylation is 1. The summed E-state index contributed by atoms with van der Waals surface area (Å²) in [5, 5.41) is 2.45. The molecule has 0 unspecified atom stereocenters. The highest BCUT2D eigenvalue weighted by atomic mass is 32.2. The van der Waals surface area contributed by atoms with E-state index in [0.29, 0.717) is 18.8 Å². The first-order valence-corrected chi connectivity index (χ1v) is 10.7. The molecule has 0 radical (unpaired) electrons. The first-order valence-electron chi connectivity index (χ1n) is 9.29. The molecule has 8 nitrogen and oxygen atoms in total. The topological polar surface area (TPSA) is 102 Å². The molecule has 2 aromatic carbocycles. The first kappa shape index (κ1) is 22.8. The van der Waals surface area contributed by atoms with Crippen molar-refractivity contribution in [2.24, 2.45) is 0 Å². The van der Waals surface area contributed by atoms with Gasteiger partial charge in [0, 0.05) is 18.8 Å². The molecule has 1 aliphatic rings. The minimum absolute atomic E-state index is 0.0132. The van der Waals surface area contributed by atoms with E-state index in [0.717, 1.165) is 18.2 Å². The second kappa shape index (κ2) is 9.50. The number of halogens is 2. The number of hydrogen-bond acceptors (Lipinski definition) is 6. The van der Waals surface area contributed by atoms with Crippen molar-refractivity contribution in [3.05, 3.63) is 59.2 Å². The zero-order valence-electron chi connectivity index (χ0n) is 16.6. The number of benzene rings is 2. The van der Waals surface area contributed by atoms with Crippen LogP contribution in [-0.2, 0) is 24.3 Å². The van der Waals surface area contributed by atoms with Gasteiger partial charge in [-0.3, -0.25) is 4.79 Å². The van der Waals surface area contributed by atoms with Crippen LogP contribution in [0.25, 0.3) is 0 Å². The van der Waals surface area contributed by atoms with Gasteiger partial charge in [0.25, 0.3) is 5.91 Å². The normalized spacial score (nSPS) is 14.8. The number of nitrogens with one attached hydrogen (secondary N) is 1. The Morgan fingerprint density at radius 2 is 1.77 bits per heavy atom. The SMILES string of the molecule is Cc1ccc(S(=O)(=O)N2CCOCC2)cc1NC(=O)COC(=O)c1c(F)cccc1F. The first-order chi connectivity index (χ1) is 14.7. The molecule has 0 aliphatic carbocycles. The molecule has 0 spiro atoms. The molecular formula is C20H20F2N2O6S. The van der Waals surface area contributed by atoms with Crippen molar-refractivity contribution in [2.45, 2.75) is 11.8 Å². The van der Waals surface area contributed by atoms with Gasteiger partial charge < -0.3 is 14.8 Å². The van der Waals surface area contributed by atoms with Gasteiger partial charge in [-0.15, -0.1) is 0 Å². The number of anilines is 1. The number of esters is 1. The van der Waals surface area contributed by atoms with Gasteiger partial charge in [0.2, 0.25) is 10.0 Å². The molecule has 11 heteroatoms. The van der Waals surface area contributed by atoms with Crippen LogP contribution in [0.2, 0.25) is 0 Å². The summed E-state index contributed by atoms with van der Waals surface area (Å²) in [5.41, 5.74) is -0.127. The Labute approximate surface area is 177 Å². The molecule has 3 rings (SSSR count). The van der Waals surface area contributed by atoms with Crippen molar-refractivity contribution in [3.8, 4) is 0 Å². The van der Waals surface area contributed by atoms with Gasteiger partial charge in [-0.1, -0.05) is 12.1 Å². The molecule has 0 saturated carbocycles. The summed E-state index contributed by atoms with van der Waals surface area (Å²) in [5.74, 6) is -4.34. The molecule has 1 fully saturated rings. The third-order valence-electron chi connectivity index (χ3n) is 4.59. The van der Waals surface area contributed by atoms with Crippen molar-refractivity contribution in [2.75, 3.05) is 38.2 Å². The van der Waals surface area contributed by atoms with Gasteiger partial charge in [-0.05, 0) is 36.8 Å². The number of hydrogen-bond donors (Lipinski definition) is 1. The average Bonchev–Trinajstić information content (AvgIpc) is 2.74. The maximum Gasteiger partial charge on any atom is 0.344 e. The number of rotatable bonds is 6. The Morgan fingerprint density at radius 3 is 2.42 bits per heavy atom. The third-order valence-corrected chi connectivity index (χ3v) is 6.49. The van der Waals surface area contributed by atoms with E-state index in [1.54, 1.807) is 6.92 Å². The zero-order valence-corrected chi connectivity index (χ0v) is 17.4. The average molecular weight is 454 g/mol. The summed E-state index contributed by atoms with van der Waals surface area (Å²) in [6.07, 6.45) is 0. The van der Waals surface area contributed by atoms with Crippen LogP contribution in [0, 0.1) is 18.6 Å². The van der Waals surface area contributed by atoms with Crippen LogP contribution >= 0.6 is 0 Å². The van der Waals surface area contributed by atoms with Crippen molar-refractivity contribution in [1.82, 2.24) is 4.31 Å². The Hall–Kier alpha value is -2.89. The fraction of sp³-hybridized carbons (Fsp3) is 0.300. The van der Waals surface area contributed by atoms with Crippen LogP contribution in [0.4, 0.5) is 14.5 Å². The van der Waals surface area contributed by atoms with E-state index in [4.69, 9.17) is 4.74 Å². The summed E-state index contributed by atoms with van der Waals surface area (Å²) in [6.45, 7) is 1.88. The van der Waals surface area contributed by atoms with Crippen LogP contribution in [0.15, 0.2) is 41.3 Å². The molecule has 0 atom stereocenters. The summed E-state index contributed by atoms with van der Waals surface area (Å²) in [6, 6.07) is 7.14. The lowest BCUT2D eigenvalue weighted by Gasteiger charge is -2.26. The lowest BCUT2D eigenvalue weighted by Crippen LogP contribution is -2.40. The van der Waals surface area contributed by atoms with Crippen molar-refractivity contribution in [3.63, 3.8) is 0 Å². The molecule has 166 valence electrons. The standard InChI is InChI=1S/C20H20F2N2O6S/c1-13-5-6-14(31(27,28)24-7-9-29-10-8-24)11-17(13)23-18(25)12-30-20(26)19-15(21)3-2-4-16(19)22/h2-6,11H,7-10,12H2,1H3,(H,23,25). The van der Waals surface area contributed by atoms with Crippen molar-refractivity contribution < 1.29 is 36.3 Å². The van der Waals surface area contributed by atoms with E-state index in [2.05, 4.69) is 10.1 Å². The Bertz CT molecular complexity index is 1080. The second-order valence-corrected chi connectivity index (χ2v) is 8.65. The zero-order chi connectivity index (χ0) is 22.6. The highest BCUT2D eigenvalue weighted by Crippen LogP contribution is 2.23. The van der Waals surface area contributed by atoms with Crippen molar-refractivity contribution in [1.29, 1.82) is 0 Å². The van der Waals surface area contributed by atoms with E-state index < -0.39 is 45.7 Å². The molecule has 1 amide bonds. The van der Waals surface area contributed by atoms with Crippen LogP contribution in [0.1, 0.15) is 15.9 Å². The number of nitrogens with zero attached hydrogens (tertiary/aromatic N) is 1. The predicted molar refractivity (Wildman–Crippen MR) is 106 cm³/mol. The maximum absolute atomic E-state index is 13.6. The number of carbonyl (C=O) groups excluding carboxylic acids is 2. The van der Waals surface area contributed by atoms with Crippen molar-refractivity contribution >= 4 is 27.6 Å². The third kappa shape index (κ3) is 5.24. The molecule has 1 aliphatic heterocycles. The fourth-order valence-electron chi connectivity index (χ4n) is 2.91. The quantitative estimate of drug-likeness (QED) is 0.671. The molecule has 1 heterocycles. The second-order valence-electron chi connectivity index (χ2n) is 6.71. The predicted octanol–water partition coefficient (Wildman–Crippen LogP) is 2.09. The molecule has 0 bridgehead atoms. The minimum atomic E-state index is -3.78. The Balaban J connectivity index is 1.69. The summed E-state index contributed by atoms with van der Waals surface area (Å²) in [4.78, 5) is 24.1. The molecule has 2 aromatic rings. The van der Waals surface area contributed by atoms with Gasteiger partial charge in [-0.2, -0.15) is 4.31 Å². The highest BCUT2D eigenvalue weighted by Gasteiger charge is 2.27. The monoisotopic (exact) mass is 454 g/mol. The van der Waals surface area contributed by atoms with Gasteiger partial charge in [0.05, 0.1) is 18.1 Å². The minimum Gasteiger partial charge on any atom is -0.452 e. The highest BCUT2D eigenvalue weighted by molar-refractivity contribution is 7.89. The Morgan fingerprint density at radius 1 is 1.13 bits per heavy atom. The maximum atomic E-state index is 13.6. The van der Waals surface area contributed by atoms with Crippen LogP contribution in [-0.4, -0.2) is 57.5 Å². The number of ether oxygens (including phenoxy) is 2. The molecule has 1 N–H and O–H groups in total. The molecule has 31 heavy (non-hydrogen) atoms. The van der Waals surface area contributed by atoms with E-state index in [9.17, 15) is 26.8 Å². The lowest BCUT2D eigenvalue weighted by molar-refractivity contribution is -0.119. The number of sulfonamides is 1. The Kier molecular flexibility index (Phi) is 6.98. The van der Waals surface area contributed by atoms with Gasteiger partial charge >= 0.3 is 5.97 Å². The molecule has 0 aromatic heterocycles. The van der Waals surface area contributed by atoms with Crippen LogP contribution < -0.4 is 5.32 Å². The van der Waals surface area contributed by atoms with E-state index in [-0.39, 0.29) is 23.7 Å². The van der Waals surface area contributed by atoms with Gasteiger partial charge in [0.1, 0.15) is 17.2 Å². The largest absolute Gasteiger partial charge is 0.452 e.